The predicted octanol–water partition coefficient (Wildman–Crippen LogP) is 2.24. The summed E-state index contributed by atoms with van der Waals surface area (Å²) in [5.41, 5.74) is 5.72. The molecule has 0 aliphatic rings. The lowest BCUT2D eigenvalue weighted by atomic mass is 10.0. The van der Waals surface area contributed by atoms with Crippen molar-refractivity contribution in [2.45, 2.75) is 6.04 Å². The topological polar surface area (TPSA) is 63.8 Å². The molecule has 0 aliphatic heterocycles. The van der Waals surface area contributed by atoms with Gasteiger partial charge < -0.3 is 0 Å². The molecule has 90 valence electrons. The van der Waals surface area contributed by atoms with Gasteiger partial charge in [-0.15, -0.1) is 11.3 Å². The summed E-state index contributed by atoms with van der Waals surface area (Å²) in [6.45, 7) is 0. The number of thiazole rings is 1. The first-order valence-corrected chi connectivity index (χ1v) is 6.45. The first-order valence-electron chi connectivity index (χ1n) is 5.57. The Hall–Kier alpha value is -1.82. The first-order chi connectivity index (χ1) is 8.90. The van der Waals surface area contributed by atoms with Gasteiger partial charge in [-0.05, 0) is 5.39 Å². The zero-order valence-electron chi connectivity index (χ0n) is 9.58. The molecule has 0 saturated carbocycles. The molecular formula is C13H12N4S. The number of fused-ring (bicyclic) bond motifs is 1. The van der Waals surface area contributed by atoms with Crippen LogP contribution in [0.5, 0.6) is 0 Å². The highest BCUT2D eigenvalue weighted by Crippen LogP contribution is 2.29. The van der Waals surface area contributed by atoms with Crippen molar-refractivity contribution in [1.82, 2.24) is 15.4 Å². The Morgan fingerprint density at radius 2 is 2.00 bits per heavy atom. The number of nitrogens with one attached hydrogen (secondary N) is 1. The van der Waals surface area contributed by atoms with Gasteiger partial charge in [-0.3, -0.25) is 15.8 Å². The molecule has 0 aliphatic carbocycles. The van der Waals surface area contributed by atoms with Crippen LogP contribution < -0.4 is 11.3 Å². The molecule has 18 heavy (non-hydrogen) atoms. The van der Waals surface area contributed by atoms with E-state index in [-0.39, 0.29) is 6.04 Å². The summed E-state index contributed by atoms with van der Waals surface area (Å²) in [6, 6.07) is 8.08. The predicted molar refractivity (Wildman–Crippen MR) is 73.0 cm³/mol. The van der Waals surface area contributed by atoms with Crippen molar-refractivity contribution in [3.05, 3.63) is 58.8 Å². The van der Waals surface area contributed by atoms with Gasteiger partial charge in [0.1, 0.15) is 0 Å². The number of hydrazine groups is 1. The SMILES string of the molecule is NNC(c1cncs1)c1cncc2ccccc12. The van der Waals surface area contributed by atoms with Gasteiger partial charge in [0.15, 0.2) is 0 Å². The summed E-state index contributed by atoms with van der Waals surface area (Å²) >= 11 is 1.58. The molecule has 1 unspecified atom stereocenters. The van der Waals surface area contributed by atoms with Crippen LogP contribution in [0.2, 0.25) is 0 Å². The van der Waals surface area contributed by atoms with Gasteiger partial charge in [0.05, 0.1) is 11.6 Å². The Morgan fingerprint density at radius 3 is 2.78 bits per heavy atom. The van der Waals surface area contributed by atoms with Crippen molar-refractivity contribution in [2.75, 3.05) is 0 Å². The van der Waals surface area contributed by atoms with Crippen LogP contribution in [0.4, 0.5) is 0 Å². The Kier molecular flexibility index (Phi) is 3.02. The number of hydrogen-bond acceptors (Lipinski definition) is 5. The van der Waals surface area contributed by atoms with Gasteiger partial charge in [-0.2, -0.15) is 0 Å². The van der Waals surface area contributed by atoms with E-state index in [1.165, 1.54) is 0 Å². The molecule has 2 heterocycles. The third kappa shape index (κ3) is 1.88. The van der Waals surface area contributed by atoms with E-state index in [1.807, 2.05) is 36.8 Å². The lowest BCUT2D eigenvalue weighted by Gasteiger charge is -2.16. The minimum atomic E-state index is -0.0731. The quantitative estimate of drug-likeness (QED) is 0.557. The number of nitrogens with two attached hydrogens (primary N) is 1. The Labute approximate surface area is 108 Å². The standard InChI is InChI=1S/C13H12N4S/c14-17-13(12-7-16-8-18-12)11-6-15-5-9-3-1-2-4-10(9)11/h1-8,13,17H,14H2. The molecule has 0 amide bonds. The molecule has 3 aromatic rings. The molecule has 3 N–H and O–H groups in total. The molecule has 1 atom stereocenters. The summed E-state index contributed by atoms with van der Waals surface area (Å²) in [7, 11) is 0. The molecule has 2 aromatic heterocycles. The van der Waals surface area contributed by atoms with E-state index in [4.69, 9.17) is 5.84 Å². The summed E-state index contributed by atoms with van der Waals surface area (Å²) in [4.78, 5) is 9.46. The van der Waals surface area contributed by atoms with Crippen LogP contribution in [0.3, 0.4) is 0 Å². The van der Waals surface area contributed by atoms with Crippen LogP contribution in [-0.4, -0.2) is 9.97 Å². The minimum Gasteiger partial charge on any atom is -0.271 e. The summed E-state index contributed by atoms with van der Waals surface area (Å²) in [6.07, 6.45) is 5.54. The van der Waals surface area contributed by atoms with Crippen molar-refractivity contribution in [3.63, 3.8) is 0 Å². The molecule has 0 radical (unpaired) electrons. The van der Waals surface area contributed by atoms with E-state index in [9.17, 15) is 0 Å². The van der Waals surface area contributed by atoms with Gasteiger partial charge in [-0.1, -0.05) is 24.3 Å². The van der Waals surface area contributed by atoms with Crippen molar-refractivity contribution < 1.29 is 0 Å². The van der Waals surface area contributed by atoms with Crippen LogP contribution in [0.15, 0.2) is 48.4 Å². The Morgan fingerprint density at radius 1 is 1.11 bits per heavy atom. The molecule has 1 aromatic carbocycles. The maximum atomic E-state index is 5.69. The van der Waals surface area contributed by atoms with Gasteiger partial charge >= 0.3 is 0 Å². The average Bonchev–Trinajstić information content (AvgIpc) is 2.94. The van der Waals surface area contributed by atoms with Gasteiger partial charge in [-0.25, -0.2) is 5.43 Å². The first kappa shape index (κ1) is 11.3. The monoisotopic (exact) mass is 256 g/mol. The van der Waals surface area contributed by atoms with Crippen molar-refractivity contribution in [3.8, 4) is 0 Å². The highest BCUT2D eigenvalue weighted by Gasteiger charge is 2.16. The third-order valence-electron chi connectivity index (χ3n) is 2.91. The van der Waals surface area contributed by atoms with Crippen LogP contribution >= 0.6 is 11.3 Å². The summed E-state index contributed by atoms with van der Waals surface area (Å²) < 4.78 is 0. The number of aromatic nitrogens is 2. The maximum Gasteiger partial charge on any atom is 0.0839 e. The molecular weight excluding hydrogens is 244 g/mol. The van der Waals surface area contributed by atoms with Crippen LogP contribution in [-0.2, 0) is 0 Å². The lowest BCUT2D eigenvalue weighted by Crippen LogP contribution is -2.28. The number of pyridine rings is 1. The highest BCUT2D eigenvalue weighted by atomic mass is 32.1. The van der Waals surface area contributed by atoms with E-state index < -0.39 is 0 Å². The zero-order chi connectivity index (χ0) is 12.4. The van der Waals surface area contributed by atoms with Gasteiger partial charge in [0.25, 0.3) is 0 Å². The van der Waals surface area contributed by atoms with Gasteiger partial charge in [0, 0.05) is 34.4 Å². The number of hydrogen-bond donors (Lipinski definition) is 2. The van der Waals surface area contributed by atoms with Crippen LogP contribution in [0, 0.1) is 0 Å². The molecule has 3 rings (SSSR count). The van der Waals surface area contributed by atoms with E-state index >= 15 is 0 Å². The largest absolute Gasteiger partial charge is 0.271 e. The number of rotatable bonds is 3. The number of benzene rings is 1. The van der Waals surface area contributed by atoms with Crippen LogP contribution in [0.1, 0.15) is 16.5 Å². The smallest absolute Gasteiger partial charge is 0.0839 e. The van der Waals surface area contributed by atoms with Crippen molar-refractivity contribution in [1.29, 1.82) is 0 Å². The maximum absolute atomic E-state index is 5.69. The fraction of sp³-hybridized carbons (Fsp3) is 0.0769. The molecule has 0 saturated heterocycles. The fourth-order valence-corrected chi connectivity index (χ4v) is 2.76. The second kappa shape index (κ2) is 4.81. The van der Waals surface area contributed by atoms with E-state index in [0.717, 1.165) is 21.2 Å². The molecule has 0 spiro atoms. The zero-order valence-corrected chi connectivity index (χ0v) is 10.4. The third-order valence-corrected chi connectivity index (χ3v) is 3.75. The molecule has 5 heteroatoms. The number of nitrogens with zero attached hydrogens (tertiary/aromatic N) is 2. The van der Waals surface area contributed by atoms with Gasteiger partial charge in [0.2, 0.25) is 0 Å². The summed E-state index contributed by atoms with van der Waals surface area (Å²) in [5.74, 6) is 5.69. The summed E-state index contributed by atoms with van der Waals surface area (Å²) in [5, 5.41) is 2.27. The van der Waals surface area contributed by atoms with Crippen molar-refractivity contribution in [2.24, 2.45) is 5.84 Å². The second-order valence-electron chi connectivity index (χ2n) is 3.95. The fourth-order valence-electron chi connectivity index (χ4n) is 2.06. The second-order valence-corrected chi connectivity index (χ2v) is 4.87. The molecule has 0 bridgehead atoms. The molecule has 0 fully saturated rings. The highest BCUT2D eigenvalue weighted by molar-refractivity contribution is 7.09. The Bertz CT molecular complexity index is 646. The normalized spacial score (nSPS) is 12.7. The van der Waals surface area contributed by atoms with Crippen LogP contribution in [0.25, 0.3) is 10.8 Å². The van der Waals surface area contributed by atoms with Crippen molar-refractivity contribution >= 4 is 22.1 Å². The lowest BCUT2D eigenvalue weighted by molar-refractivity contribution is 0.647. The van der Waals surface area contributed by atoms with E-state index in [1.54, 1.807) is 16.8 Å². The minimum absolute atomic E-state index is 0.0731. The van der Waals surface area contributed by atoms with E-state index in [0.29, 0.717) is 0 Å². The molecule has 4 nitrogen and oxygen atoms in total. The Balaban J connectivity index is 2.18. The van der Waals surface area contributed by atoms with E-state index in [2.05, 4.69) is 21.5 Å². The average molecular weight is 256 g/mol.